The third-order valence-corrected chi connectivity index (χ3v) is 4.74. The molecule has 0 spiro atoms. The zero-order chi connectivity index (χ0) is 14.1. The second kappa shape index (κ2) is 5.47. The van der Waals surface area contributed by atoms with Gasteiger partial charge < -0.3 is 4.74 Å². The number of thiazole rings is 2. The Balaban J connectivity index is 2.11. The Hall–Kier alpha value is -1.50. The van der Waals surface area contributed by atoms with E-state index in [1.54, 1.807) is 6.92 Å². The number of aromatic nitrogens is 2. The van der Waals surface area contributed by atoms with Gasteiger partial charge in [-0.1, -0.05) is 35.1 Å². The first-order chi connectivity index (χ1) is 9.69. The molecule has 0 radical (unpaired) electrons. The van der Waals surface area contributed by atoms with Crippen LogP contribution in [0.5, 0.6) is 0 Å². The topological polar surface area (TPSA) is 52.1 Å². The summed E-state index contributed by atoms with van der Waals surface area (Å²) in [6, 6.07) is 7.78. The minimum Gasteiger partial charge on any atom is -0.462 e. The number of ether oxygens (including phenoxy) is 1. The maximum absolute atomic E-state index is 11.9. The van der Waals surface area contributed by atoms with Crippen molar-refractivity contribution in [2.75, 3.05) is 6.61 Å². The van der Waals surface area contributed by atoms with E-state index in [4.69, 9.17) is 16.3 Å². The van der Waals surface area contributed by atoms with Gasteiger partial charge in [0.15, 0.2) is 4.47 Å². The van der Waals surface area contributed by atoms with Crippen LogP contribution in [0.15, 0.2) is 24.3 Å². The zero-order valence-corrected chi connectivity index (χ0v) is 12.8. The number of rotatable bonds is 3. The first kappa shape index (κ1) is 13.5. The Labute approximate surface area is 128 Å². The molecule has 0 saturated heterocycles. The zero-order valence-electron chi connectivity index (χ0n) is 10.4. The average Bonchev–Trinajstić information content (AvgIpc) is 3.01. The number of carbonyl (C=O) groups is 1. The van der Waals surface area contributed by atoms with Crippen LogP contribution in [0, 0.1) is 0 Å². The lowest BCUT2D eigenvalue weighted by molar-refractivity contribution is 0.0532. The van der Waals surface area contributed by atoms with Crippen LogP contribution in [0.4, 0.5) is 0 Å². The van der Waals surface area contributed by atoms with Gasteiger partial charge in [0, 0.05) is 0 Å². The number of benzene rings is 1. The number of hydrogen-bond donors (Lipinski definition) is 0. The molecule has 0 saturated carbocycles. The molecule has 0 unspecified atom stereocenters. The smallest absolute Gasteiger partial charge is 0.350 e. The molecular formula is C13H9ClN2O2S2. The Morgan fingerprint density at radius 2 is 2.10 bits per heavy atom. The van der Waals surface area contributed by atoms with Gasteiger partial charge in [-0.2, -0.15) is 0 Å². The summed E-state index contributed by atoms with van der Waals surface area (Å²) in [5.74, 6) is -0.411. The number of carbonyl (C=O) groups excluding carboxylic acids is 1. The quantitative estimate of drug-likeness (QED) is 0.676. The molecule has 3 rings (SSSR count). The van der Waals surface area contributed by atoms with Crippen molar-refractivity contribution in [1.29, 1.82) is 0 Å². The van der Waals surface area contributed by atoms with Crippen molar-refractivity contribution in [3.8, 4) is 10.7 Å². The largest absolute Gasteiger partial charge is 0.462 e. The van der Waals surface area contributed by atoms with E-state index in [0.29, 0.717) is 26.7 Å². The van der Waals surface area contributed by atoms with Crippen LogP contribution < -0.4 is 0 Å². The van der Waals surface area contributed by atoms with Crippen LogP contribution in [0.25, 0.3) is 20.9 Å². The van der Waals surface area contributed by atoms with E-state index < -0.39 is 5.97 Å². The Morgan fingerprint density at radius 1 is 1.30 bits per heavy atom. The van der Waals surface area contributed by atoms with Gasteiger partial charge in [0.1, 0.15) is 15.6 Å². The van der Waals surface area contributed by atoms with E-state index in [2.05, 4.69) is 9.97 Å². The van der Waals surface area contributed by atoms with E-state index in [-0.39, 0.29) is 0 Å². The molecule has 0 aliphatic rings. The standard InChI is InChI=1S/C13H9ClN2O2S2/c1-2-18-12(17)10-9(16-13(14)20-10)11-15-7-5-3-4-6-8(7)19-11/h3-6H,2H2,1H3. The number of nitrogens with zero attached hydrogens (tertiary/aromatic N) is 2. The molecule has 0 amide bonds. The van der Waals surface area contributed by atoms with Crippen molar-refractivity contribution in [2.45, 2.75) is 6.92 Å². The summed E-state index contributed by atoms with van der Waals surface area (Å²) in [6.45, 7) is 2.07. The molecular weight excluding hydrogens is 316 g/mol. The summed E-state index contributed by atoms with van der Waals surface area (Å²) in [4.78, 5) is 21.0. The number of halogens is 1. The summed E-state index contributed by atoms with van der Waals surface area (Å²) in [5, 5.41) is 0.678. The lowest BCUT2D eigenvalue weighted by atomic mass is 10.3. The van der Waals surface area contributed by atoms with Gasteiger partial charge in [-0.15, -0.1) is 11.3 Å². The molecule has 1 aromatic carbocycles. The monoisotopic (exact) mass is 324 g/mol. The highest BCUT2D eigenvalue weighted by atomic mass is 35.5. The van der Waals surface area contributed by atoms with Gasteiger partial charge in [0.05, 0.1) is 16.8 Å². The van der Waals surface area contributed by atoms with E-state index in [1.807, 2.05) is 24.3 Å². The second-order valence-electron chi connectivity index (χ2n) is 3.85. The third-order valence-electron chi connectivity index (χ3n) is 2.56. The predicted molar refractivity (Wildman–Crippen MR) is 81.7 cm³/mol. The first-order valence-electron chi connectivity index (χ1n) is 5.88. The SMILES string of the molecule is CCOC(=O)c1sc(Cl)nc1-c1nc2ccccc2s1. The van der Waals surface area contributed by atoms with Crippen LogP contribution in [-0.2, 0) is 4.74 Å². The van der Waals surface area contributed by atoms with E-state index in [9.17, 15) is 4.79 Å². The highest BCUT2D eigenvalue weighted by Gasteiger charge is 2.22. The van der Waals surface area contributed by atoms with Crippen molar-refractivity contribution in [3.63, 3.8) is 0 Å². The Bertz CT molecular complexity index is 749. The number of fused-ring (bicyclic) bond motifs is 1. The fourth-order valence-electron chi connectivity index (χ4n) is 1.75. The van der Waals surface area contributed by atoms with Crippen LogP contribution in [-0.4, -0.2) is 22.5 Å². The van der Waals surface area contributed by atoms with Gasteiger partial charge >= 0.3 is 5.97 Å². The minimum absolute atomic E-state index is 0.308. The summed E-state index contributed by atoms with van der Waals surface area (Å²) in [5.41, 5.74) is 1.38. The fraction of sp³-hybridized carbons (Fsp3) is 0.154. The number of esters is 1. The highest BCUT2D eigenvalue weighted by Crippen LogP contribution is 2.35. The van der Waals surface area contributed by atoms with Crippen LogP contribution in [0.1, 0.15) is 16.6 Å². The van der Waals surface area contributed by atoms with Gasteiger partial charge in [0.25, 0.3) is 0 Å². The summed E-state index contributed by atoms with van der Waals surface area (Å²) in [7, 11) is 0. The molecule has 20 heavy (non-hydrogen) atoms. The Kier molecular flexibility index (Phi) is 3.69. The van der Waals surface area contributed by atoms with Crippen molar-refractivity contribution in [1.82, 2.24) is 9.97 Å². The lowest BCUT2D eigenvalue weighted by Gasteiger charge is -1.99. The van der Waals surface area contributed by atoms with Gasteiger partial charge in [0.2, 0.25) is 0 Å². The van der Waals surface area contributed by atoms with Crippen LogP contribution >= 0.6 is 34.3 Å². The first-order valence-corrected chi connectivity index (χ1v) is 7.89. The fourth-order valence-corrected chi connectivity index (χ4v) is 3.78. The normalized spacial score (nSPS) is 10.9. The molecule has 0 N–H and O–H groups in total. The number of hydrogen-bond acceptors (Lipinski definition) is 6. The van der Waals surface area contributed by atoms with Crippen molar-refractivity contribution >= 4 is 50.5 Å². The van der Waals surface area contributed by atoms with Crippen LogP contribution in [0.2, 0.25) is 4.47 Å². The molecule has 0 aliphatic heterocycles. The van der Waals surface area contributed by atoms with Crippen molar-refractivity contribution in [3.05, 3.63) is 33.6 Å². The highest BCUT2D eigenvalue weighted by molar-refractivity contribution is 7.22. The van der Waals surface area contributed by atoms with Crippen LogP contribution in [0.3, 0.4) is 0 Å². The van der Waals surface area contributed by atoms with E-state index in [1.165, 1.54) is 11.3 Å². The van der Waals surface area contributed by atoms with E-state index >= 15 is 0 Å². The Morgan fingerprint density at radius 3 is 2.85 bits per heavy atom. The second-order valence-corrected chi connectivity index (χ2v) is 6.46. The summed E-state index contributed by atoms with van der Waals surface area (Å²) < 4.78 is 6.38. The molecule has 0 bridgehead atoms. The number of para-hydroxylation sites is 1. The summed E-state index contributed by atoms with van der Waals surface area (Å²) in [6.07, 6.45) is 0. The molecule has 102 valence electrons. The molecule has 0 fully saturated rings. The third kappa shape index (κ3) is 2.42. The molecule has 2 aromatic heterocycles. The molecule has 7 heteroatoms. The van der Waals surface area contributed by atoms with Crippen molar-refractivity contribution in [2.24, 2.45) is 0 Å². The van der Waals surface area contributed by atoms with E-state index in [0.717, 1.165) is 21.6 Å². The molecule has 0 aliphatic carbocycles. The summed E-state index contributed by atoms with van der Waals surface area (Å²) >= 11 is 8.53. The maximum atomic E-state index is 11.9. The molecule has 2 heterocycles. The minimum atomic E-state index is -0.411. The van der Waals surface area contributed by atoms with Gasteiger partial charge in [-0.05, 0) is 19.1 Å². The predicted octanol–water partition coefficient (Wildman–Crippen LogP) is 4.25. The maximum Gasteiger partial charge on any atom is 0.350 e. The molecule has 4 nitrogen and oxygen atoms in total. The van der Waals surface area contributed by atoms with Gasteiger partial charge in [-0.25, -0.2) is 14.8 Å². The van der Waals surface area contributed by atoms with Gasteiger partial charge in [-0.3, -0.25) is 0 Å². The lowest BCUT2D eigenvalue weighted by Crippen LogP contribution is -2.03. The van der Waals surface area contributed by atoms with Crippen molar-refractivity contribution < 1.29 is 9.53 Å². The molecule has 3 aromatic rings. The molecule has 0 atom stereocenters. The average molecular weight is 325 g/mol.